The zero-order valence-electron chi connectivity index (χ0n) is 7.28. The molecule has 2 N–H and O–H groups in total. The van der Waals surface area contributed by atoms with Crippen LogP contribution in [0.25, 0.3) is 0 Å². The first-order valence-corrected chi connectivity index (χ1v) is 5.43. The zero-order chi connectivity index (χ0) is 9.52. The topological polar surface area (TPSA) is 37.0 Å². The predicted molar refractivity (Wildman–Crippen MR) is 60.3 cm³/mol. The number of thiocarbonyl (C=S) groups is 1. The maximum absolute atomic E-state index is 4.94. The van der Waals surface area contributed by atoms with Crippen molar-refractivity contribution >= 4 is 28.3 Å². The van der Waals surface area contributed by atoms with E-state index in [1.54, 1.807) is 6.20 Å². The van der Waals surface area contributed by atoms with E-state index in [1.165, 1.54) is 11.8 Å². The highest BCUT2D eigenvalue weighted by Crippen LogP contribution is 1.93. The number of hydrogen-bond donors (Lipinski definition) is 2. The molecule has 1 rings (SSSR count). The van der Waals surface area contributed by atoms with E-state index in [2.05, 4.69) is 15.8 Å². The summed E-state index contributed by atoms with van der Waals surface area (Å²) in [5, 5.41) is 0. The average Bonchev–Trinajstić information content (AvgIpc) is 2.19. The molecule has 0 saturated carbocycles. The number of thioether (sulfide) groups is 1. The van der Waals surface area contributed by atoms with E-state index in [0.29, 0.717) is 6.54 Å². The summed E-state index contributed by atoms with van der Waals surface area (Å²) in [5.41, 5.74) is 6.85. The number of hydrazine groups is 1. The molecule has 0 bridgehead atoms. The third kappa shape index (κ3) is 4.21. The molecule has 1 aromatic rings. The molecule has 0 atom stereocenters. The molecule has 0 fully saturated rings. The van der Waals surface area contributed by atoms with Gasteiger partial charge in [-0.2, -0.15) is 0 Å². The van der Waals surface area contributed by atoms with Crippen LogP contribution in [0.2, 0.25) is 0 Å². The maximum atomic E-state index is 4.94. The Bertz CT molecular complexity index is 263. The summed E-state index contributed by atoms with van der Waals surface area (Å²) in [5.74, 6) is 0. The zero-order valence-corrected chi connectivity index (χ0v) is 8.91. The Morgan fingerprint density at radius 3 is 3.08 bits per heavy atom. The number of aromatic nitrogens is 1. The summed E-state index contributed by atoms with van der Waals surface area (Å²) in [7, 11) is 0. The van der Waals surface area contributed by atoms with Crippen molar-refractivity contribution in [1.82, 2.24) is 15.8 Å². The van der Waals surface area contributed by atoms with Crippen molar-refractivity contribution in [2.45, 2.75) is 6.54 Å². The van der Waals surface area contributed by atoms with E-state index in [1.807, 2.05) is 24.5 Å². The van der Waals surface area contributed by atoms with Crippen LogP contribution in [0.5, 0.6) is 0 Å². The lowest BCUT2D eigenvalue weighted by atomic mass is 10.4. The SMILES string of the molecule is CSC(=S)NNCc1ccccn1. The first-order chi connectivity index (χ1) is 6.33. The van der Waals surface area contributed by atoms with E-state index in [-0.39, 0.29) is 0 Å². The highest BCUT2D eigenvalue weighted by atomic mass is 32.2. The van der Waals surface area contributed by atoms with Crippen LogP contribution in [0, 0.1) is 0 Å². The third-order valence-electron chi connectivity index (χ3n) is 1.37. The van der Waals surface area contributed by atoms with Crippen LogP contribution in [-0.2, 0) is 6.54 Å². The number of nitrogens with zero attached hydrogens (tertiary/aromatic N) is 1. The van der Waals surface area contributed by atoms with E-state index in [4.69, 9.17) is 12.2 Å². The van der Waals surface area contributed by atoms with Crippen molar-refractivity contribution in [2.24, 2.45) is 0 Å². The van der Waals surface area contributed by atoms with Crippen LogP contribution >= 0.6 is 24.0 Å². The summed E-state index contributed by atoms with van der Waals surface area (Å²) in [4.78, 5) is 4.15. The molecule has 0 spiro atoms. The summed E-state index contributed by atoms with van der Waals surface area (Å²) in [6.07, 6.45) is 3.70. The molecular formula is C8H11N3S2. The Balaban J connectivity index is 2.24. The second kappa shape index (κ2) is 5.90. The highest BCUT2D eigenvalue weighted by molar-refractivity contribution is 8.22. The first kappa shape index (κ1) is 10.4. The highest BCUT2D eigenvalue weighted by Gasteiger charge is 1.92. The van der Waals surface area contributed by atoms with Crippen LogP contribution in [0.15, 0.2) is 24.4 Å². The van der Waals surface area contributed by atoms with Gasteiger partial charge in [0, 0.05) is 6.20 Å². The molecule has 1 aromatic heterocycles. The van der Waals surface area contributed by atoms with Crippen LogP contribution in [0.4, 0.5) is 0 Å². The quantitative estimate of drug-likeness (QED) is 0.585. The van der Waals surface area contributed by atoms with Gasteiger partial charge in [0.05, 0.1) is 12.2 Å². The van der Waals surface area contributed by atoms with Crippen LogP contribution in [-0.4, -0.2) is 15.6 Å². The molecule has 0 aliphatic heterocycles. The van der Waals surface area contributed by atoms with Crippen molar-refractivity contribution in [3.05, 3.63) is 30.1 Å². The second-order valence-corrected chi connectivity index (χ2v) is 3.77. The van der Waals surface area contributed by atoms with Crippen molar-refractivity contribution in [3.63, 3.8) is 0 Å². The lowest BCUT2D eigenvalue weighted by Crippen LogP contribution is -2.34. The molecular weight excluding hydrogens is 202 g/mol. The largest absolute Gasteiger partial charge is 0.306 e. The van der Waals surface area contributed by atoms with E-state index < -0.39 is 0 Å². The second-order valence-electron chi connectivity index (χ2n) is 2.29. The standard InChI is InChI=1S/C8H11N3S2/c1-13-8(12)11-10-6-7-4-2-3-5-9-7/h2-5,10H,6H2,1H3,(H,11,12). The fourth-order valence-electron chi connectivity index (χ4n) is 0.761. The lowest BCUT2D eigenvalue weighted by Gasteiger charge is -2.06. The molecule has 70 valence electrons. The molecule has 3 nitrogen and oxygen atoms in total. The van der Waals surface area contributed by atoms with Gasteiger partial charge in [-0.05, 0) is 18.4 Å². The van der Waals surface area contributed by atoms with Gasteiger partial charge >= 0.3 is 0 Å². The van der Waals surface area contributed by atoms with Crippen molar-refractivity contribution in [3.8, 4) is 0 Å². The van der Waals surface area contributed by atoms with Gasteiger partial charge in [-0.3, -0.25) is 4.98 Å². The number of pyridine rings is 1. The van der Waals surface area contributed by atoms with Gasteiger partial charge in [0.2, 0.25) is 0 Å². The summed E-state index contributed by atoms with van der Waals surface area (Å²) >= 11 is 6.44. The van der Waals surface area contributed by atoms with Gasteiger partial charge in [-0.25, -0.2) is 5.43 Å². The summed E-state index contributed by atoms with van der Waals surface area (Å²) in [6, 6.07) is 5.80. The van der Waals surface area contributed by atoms with Gasteiger partial charge < -0.3 is 5.43 Å². The lowest BCUT2D eigenvalue weighted by molar-refractivity contribution is 0.651. The Morgan fingerprint density at radius 1 is 1.62 bits per heavy atom. The summed E-state index contributed by atoms with van der Waals surface area (Å²) in [6.45, 7) is 0.668. The molecule has 0 radical (unpaired) electrons. The molecule has 0 saturated heterocycles. The normalized spacial score (nSPS) is 9.62. The minimum Gasteiger partial charge on any atom is -0.306 e. The Labute approximate surface area is 87.3 Å². The maximum Gasteiger partial charge on any atom is 0.147 e. The van der Waals surface area contributed by atoms with Crippen molar-refractivity contribution in [1.29, 1.82) is 0 Å². The van der Waals surface area contributed by atoms with Gasteiger partial charge in [-0.15, -0.1) is 0 Å². The fraction of sp³-hybridized carbons (Fsp3) is 0.250. The predicted octanol–water partition coefficient (Wildman–Crippen LogP) is 1.32. The van der Waals surface area contributed by atoms with Gasteiger partial charge in [0.1, 0.15) is 4.32 Å². The van der Waals surface area contributed by atoms with E-state index in [9.17, 15) is 0 Å². The van der Waals surface area contributed by atoms with E-state index >= 15 is 0 Å². The van der Waals surface area contributed by atoms with Gasteiger partial charge in [-0.1, -0.05) is 30.0 Å². The molecule has 0 amide bonds. The summed E-state index contributed by atoms with van der Waals surface area (Å²) < 4.78 is 0.732. The van der Waals surface area contributed by atoms with Crippen molar-refractivity contribution in [2.75, 3.05) is 6.26 Å². The number of nitrogens with one attached hydrogen (secondary N) is 2. The van der Waals surface area contributed by atoms with E-state index in [0.717, 1.165) is 10.0 Å². The monoisotopic (exact) mass is 213 g/mol. The third-order valence-corrected chi connectivity index (χ3v) is 2.45. The smallest absolute Gasteiger partial charge is 0.147 e. The Hall–Kier alpha value is -0.650. The van der Waals surface area contributed by atoms with Gasteiger partial charge in [0.15, 0.2) is 0 Å². The molecule has 0 aromatic carbocycles. The molecule has 13 heavy (non-hydrogen) atoms. The molecule has 0 aliphatic carbocycles. The van der Waals surface area contributed by atoms with Crippen molar-refractivity contribution < 1.29 is 0 Å². The number of hydrogen-bond acceptors (Lipinski definition) is 4. The van der Waals surface area contributed by atoms with Crippen LogP contribution in [0.3, 0.4) is 0 Å². The minimum atomic E-state index is 0.668. The first-order valence-electron chi connectivity index (χ1n) is 3.79. The fourth-order valence-corrected chi connectivity index (χ4v) is 1.01. The molecule has 5 heteroatoms. The number of rotatable bonds is 3. The Morgan fingerprint density at radius 2 is 2.46 bits per heavy atom. The van der Waals surface area contributed by atoms with Gasteiger partial charge in [0.25, 0.3) is 0 Å². The van der Waals surface area contributed by atoms with Crippen LogP contribution < -0.4 is 10.9 Å². The molecule has 0 aliphatic rings. The van der Waals surface area contributed by atoms with Crippen LogP contribution in [0.1, 0.15) is 5.69 Å². The average molecular weight is 213 g/mol. The molecule has 0 unspecified atom stereocenters. The molecule has 1 heterocycles. The minimum absolute atomic E-state index is 0.668. The Kier molecular flexibility index (Phi) is 4.74.